The molecule has 0 aromatic heterocycles. The number of ether oxygens (including phenoxy) is 1. The largest absolute Gasteiger partial charge is 0.379 e. The van der Waals surface area contributed by atoms with Gasteiger partial charge in [-0.2, -0.15) is 0 Å². The van der Waals surface area contributed by atoms with Crippen molar-refractivity contribution < 1.29 is 9.53 Å². The molecular weight excluding hydrogens is 204 g/mol. The molecule has 2 N–H and O–H groups in total. The number of carbonyl (C=O) groups excluding carboxylic acids is 1. The van der Waals surface area contributed by atoms with Crippen LogP contribution >= 0.6 is 0 Å². The second-order valence-electron chi connectivity index (χ2n) is 4.82. The Morgan fingerprint density at radius 2 is 2.12 bits per heavy atom. The Kier molecular flexibility index (Phi) is 4.18. The average molecular weight is 226 g/mol. The highest BCUT2D eigenvalue weighted by molar-refractivity contribution is 5.82. The summed E-state index contributed by atoms with van der Waals surface area (Å²) in [7, 11) is 1.73. The maximum atomic E-state index is 12.0. The van der Waals surface area contributed by atoms with Crippen molar-refractivity contribution in [3.8, 4) is 0 Å². The summed E-state index contributed by atoms with van der Waals surface area (Å²) in [5, 5.41) is 6.40. The Hall–Kier alpha value is -0.610. The Bertz CT molecular complexity index is 239. The van der Waals surface area contributed by atoms with Gasteiger partial charge >= 0.3 is 0 Å². The van der Waals surface area contributed by atoms with Crippen LogP contribution in [0.15, 0.2) is 0 Å². The number of hydrogen-bond donors (Lipinski definition) is 2. The third-order valence-corrected chi connectivity index (χ3v) is 3.71. The Morgan fingerprint density at radius 3 is 2.81 bits per heavy atom. The zero-order chi connectivity index (χ0) is 11.4. The first-order chi connectivity index (χ1) is 7.81. The van der Waals surface area contributed by atoms with E-state index >= 15 is 0 Å². The van der Waals surface area contributed by atoms with Gasteiger partial charge in [-0.25, -0.2) is 0 Å². The predicted octanol–water partition coefficient (Wildman–Crippen LogP) is 0.812. The van der Waals surface area contributed by atoms with Crippen molar-refractivity contribution in [2.24, 2.45) is 0 Å². The molecule has 2 aliphatic rings. The van der Waals surface area contributed by atoms with E-state index in [9.17, 15) is 4.79 Å². The molecule has 0 bridgehead atoms. The zero-order valence-corrected chi connectivity index (χ0v) is 10.00. The first kappa shape index (κ1) is 11.9. The fourth-order valence-electron chi connectivity index (χ4n) is 2.73. The Labute approximate surface area is 97.1 Å². The molecule has 4 nitrogen and oxygen atoms in total. The van der Waals surface area contributed by atoms with Gasteiger partial charge < -0.3 is 15.4 Å². The predicted molar refractivity (Wildman–Crippen MR) is 62.2 cm³/mol. The summed E-state index contributed by atoms with van der Waals surface area (Å²) in [5.74, 6) is 0.161. The fourth-order valence-corrected chi connectivity index (χ4v) is 2.73. The van der Waals surface area contributed by atoms with Crippen molar-refractivity contribution in [2.75, 3.05) is 13.7 Å². The molecule has 1 saturated heterocycles. The summed E-state index contributed by atoms with van der Waals surface area (Å²) in [5.41, 5.74) is 0. The van der Waals surface area contributed by atoms with Gasteiger partial charge in [0.05, 0.1) is 18.2 Å². The normalized spacial score (nSPS) is 34.9. The first-order valence-electron chi connectivity index (χ1n) is 6.38. The van der Waals surface area contributed by atoms with Gasteiger partial charge in [0.15, 0.2) is 0 Å². The molecule has 1 aliphatic heterocycles. The van der Waals surface area contributed by atoms with Gasteiger partial charge in [0, 0.05) is 7.11 Å². The molecule has 2 fully saturated rings. The minimum atomic E-state index is 0.0202. The number of rotatable bonds is 3. The lowest BCUT2D eigenvalue weighted by atomic mass is 10.0. The van der Waals surface area contributed by atoms with Crippen molar-refractivity contribution in [2.45, 2.75) is 56.7 Å². The molecular formula is C12H22N2O2. The molecule has 1 aliphatic carbocycles. The van der Waals surface area contributed by atoms with E-state index in [1.807, 2.05) is 0 Å². The van der Waals surface area contributed by atoms with Crippen molar-refractivity contribution in [3.63, 3.8) is 0 Å². The lowest BCUT2D eigenvalue weighted by Gasteiger charge is -2.26. The number of amides is 1. The highest BCUT2D eigenvalue weighted by Gasteiger charge is 2.30. The molecule has 92 valence electrons. The highest BCUT2D eigenvalue weighted by Crippen LogP contribution is 2.21. The van der Waals surface area contributed by atoms with Crippen LogP contribution in [0.1, 0.15) is 38.5 Å². The van der Waals surface area contributed by atoms with E-state index < -0.39 is 0 Å². The summed E-state index contributed by atoms with van der Waals surface area (Å²) < 4.78 is 5.38. The SMILES string of the molecule is COC1CCCC1NC(=O)[C@H]1CCCCN1. The average Bonchev–Trinajstić information content (AvgIpc) is 2.77. The lowest BCUT2D eigenvalue weighted by molar-refractivity contribution is -0.125. The minimum Gasteiger partial charge on any atom is -0.379 e. The van der Waals surface area contributed by atoms with Gasteiger partial charge in [0.1, 0.15) is 0 Å². The molecule has 0 radical (unpaired) electrons. The second-order valence-corrected chi connectivity index (χ2v) is 4.82. The van der Waals surface area contributed by atoms with Gasteiger partial charge in [0.25, 0.3) is 0 Å². The molecule has 0 spiro atoms. The van der Waals surface area contributed by atoms with E-state index in [0.717, 1.165) is 38.6 Å². The van der Waals surface area contributed by atoms with E-state index in [0.29, 0.717) is 0 Å². The molecule has 2 unspecified atom stereocenters. The van der Waals surface area contributed by atoms with Crippen molar-refractivity contribution in [1.29, 1.82) is 0 Å². The van der Waals surface area contributed by atoms with Crippen LogP contribution in [0.3, 0.4) is 0 Å². The van der Waals surface area contributed by atoms with E-state index in [1.165, 1.54) is 6.42 Å². The summed E-state index contributed by atoms with van der Waals surface area (Å²) in [6.07, 6.45) is 6.80. The summed E-state index contributed by atoms with van der Waals surface area (Å²) in [6.45, 7) is 0.969. The molecule has 4 heteroatoms. The van der Waals surface area contributed by atoms with Crippen LogP contribution in [0, 0.1) is 0 Å². The van der Waals surface area contributed by atoms with Crippen LogP contribution in [0.25, 0.3) is 0 Å². The lowest BCUT2D eigenvalue weighted by Crippen LogP contribution is -2.51. The van der Waals surface area contributed by atoms with Gasteiger partial charge in [-0.3, -0.25) is 4.79 Å². The standard InChI is InChI=1S/C12H22N2O2/c1-16-11-7-4-6-9(11)14-12(15)10-5-2-3-8-13-10/h9-11,13H,2-8H2,1H3,(H,14,15)/t9?,10-,11?/m1/s1. The molecule has 0 aromatic carbocycles. The van der Waals surface area contributed by atoms with Gasteiger partial charge in [0.2, 0.25) is 5.91 Å². The van der Waals surface area contributed by atoms with Gasteiger partial charge in [-0.1, -0.05) is 6.42 Å². The maximum absolute atomic E-state index is 12.0. The smallest absolute Gasteiger partial charge is 0.237 e. The van der Waals surface area contributed by atoms with Gasteiger partial charge in [-0.05, 0) is 38.6 Å². The number of carbonyl (C=O) groups is 1. The summed E-state index contributed by atoms with van der Waals surface area (Å²) in [6, 6.07) is 0.244. The van der Waals surface area contributed by atoms with E-state index in [-0.39, 0.29) is 24.1 Å². The molecule has 0 aromatic rings. The Balaban J connectivity index is 1.81. The van der Waals surface area contributed by atoms with Crippen LogP contribution < -0.4 is 10.6 Å². The van der Waals surface area contributed by atoms with Crippen molar-refractivity contribution >= 4 is 5.91 Å². The summed E-state index contributed by atoms with van der Waals surface area (Å²) >= 11 is 0. The molecule has 3 atom stereocenters. The van der Waals surface area contributed by atoms with Crippen molar-refractivity contribution in [1.82, 2.24) is 10.6 Å². The van der Waals surface area contributed by atoms with Gasteiger partial charge in [-0.15, -0.1) is 0 Å². The molecule has 1 heterocycles. The third-order valence-electron chi connectivity index (χ3n) is 3.71. The minimum absolute atomic E-state index is 0.0202. The van der Waals surface area contributed by atoms with E-state index in [2.05, 4.69) is 10.6 Å². The molecule has 1 saturated carbocycles. The van der Waals surface area contributed by atoms with E-state index in [4.69, 9.17) is 4.74 Å². The third kappa shape index (κ3) is 2.74. The first-order valence-corrected chi connectivity index (χ1v) is 6.38. The monoisotopic (exact) mass is 226 g/mol. The number of piperidine rings is 1. The van der Waals surface area contributed by atoms with Crippen LogP contribution in [-0.4, -0.2) is 37.7 Å². The number of methoxy groups -OCH3 is 1. The van der Waals surface area contributed by atoms with Crippen molar-refractivity contribution in [3.05, 3.63) is 0 Å². The van der Waals surface area contributed by atoms with E-state index in [1.54, 1.807) is 7.11 Å². The topological polar surface area (TPSA) is 50.4 Å². The highest BCUT2D eigenvalue weighted by atomic mass is 16.5. The Morgan fingerprint density at radius 1 is 1.25 bits per heavy atom. The molecule has 1 amide bonds. The number of nitrogens with one attached hydrogen (secondary N) is 2. The quantitative estimate of drug-likeness (QED) is 0.749. The maximum Gasteiger partial charge on any atom is 0.237 e. The summed E-state index contributed by atoms with van der Waals surface area (Å²) in [4.78, 5) is 12.0. The van der Waals surface area contributed by atoms with Crippen LogP contribution in [0.4, 0.5) is 0 Å². The van der Waals surface area contributed by atoms with Crippen LogP contribution in [-0.2, 0) is 9.53 Å². The number of hydrogen-bond acceptors (Lipinski definition) is 3. The second kappa shape index (κ2) is 5.64. The fraction of sp³-hybridized carbons (Fsp3) is 0.917. The molecule has 16 heavy (non-hydrogen) atoms. The molecule has 2 rings (SSSR count). The zero-order valence-electron chi connectivity index (χ0n) is 10.00. The van der Waals surface area contributed by atoms with Crippen LogP contribution in [0.2, 0.25) is 0 Å². The van der Waals surface area contributed by atoms with Crippen LogP contribution in [0.5, 0.6) is 0 Å².